The number of esters is 1. The third-order valence-electron chi connectivity index (χ3n) is 3.73. The first kappa shape index (κ1) is 18.2. The van der Waals surface area contributed by atoms with Gasteiger partial charge in [0.2, 0.25) is 0 Å². The Kier molecular flexibility index (Phi) is 5.55. The number of hydrogen-bond donors (Lipinski definition) is 2. The van der Waals surface area contributed by atoms with Crippen molar-refractivity contribution in [3.8, 4) is 11.3 Å². The number of halogens is 2. The van der Waals surface area contributed by atoms with Gasteiger partial charge in [0.15, 0.2) is 6.61 Å². The molecule has 3 rings (SSSR count). The number of carbonyl (C=O) groups excluding carboxylic acids is 2. The first-order valence-electron chi connectivity index (χ1n) is 8.00. The molecule has 0 aliphatic carbocycles. The number of H-pyrrole nitrogens is 1. The highest BCUT2D eigenvalue weighted by atomic mass is 19.1. The van der Waals surface area contributed by atoms with Gasteiger partial charge >= 0.3 is 5.97 Å². The summed E-state index contributed by atoms with van der Waals surface area (Å²) >= 11 is 0. The van der Waals surface area contributed by atoms with E-state index in [-0.39, 0.29) is 17.9 Å². The number of ether oxygens (including phenoxy) is 1. The number of aromatic amines is 1. The number of nitrogens with one attached hydrogen (secondary N) is 2. The standard InChI is InChI=1S/C19H15F2N3O3/c20-14-5-1-12(2-6-14)9-22-17(25)11-27-19(26)16-10-23-24-18(16)13-3-7-15(21)8-4-13/h1-8,10H,9,11H2,(H,22,25)(H,23,24). The predicted molar refractivity (Wildman–Crippen MR) is 92.5 cm³/mol. The second kappa shape index (κ2) is 8.22. The summed E-state index contributed by atoms with van der Waals surface area (Å²) in [4.78, 5) is 24.0. The fraction of sp³-hybridized carbons (Fsp3) is 0.105. The molecule has 8 heteroatoms. The average Bonchev–Trinajstić information content (AvgIpc) is 3.16. The van der Waals surface area contributed by atoms with Crippen LogP contribution in [0.5, 0.6) is 0 Å². The molecule has 3 aromatic rings. The van der Waals surface area contributed by atoms with Gasteiger partial charge in [-0.2, -0.15) is 5.10 Å². The molecule has 0 fully saturated rings. The molecular formula is C19H15F2N3O3. The molecule has 1 heterocycles. The van der Waals surface area contributed by atoms with Crippen LogP contribution in [0.2, 0.25) is 0 Å². The maximum atomic E-state index is 13.0. The van der Waals surface area contributed by atoms with Crippen LogP contribution in [0, 0.1) is 11.6 Å². The zero-order valence-corrected chi connectivity index (χ0v) is 14.0. The molecule has 0 atom stereocenters. The van der Waals surface area contributed by atoms with Crippen molar-refractivity contribution >= 4 is 11.9 Å². The molecule has 0 radical (unpaired) electrons. The van der Waals surface area contributed by atoms with Crippen molar-refractivity contribution in [3.05, 3.63) is 77.5 Å². The molecule has 0 aliphatic rings. The van der Waals surface area contributed by atoms with Crippen LogP contribution < -0.4 is 5.32 Å². The highest BCUT2D eigenvalue weighted by Gasteiger charge is 2.18. The van der Waals surface area contributed by atoms with E-state index in [0.29, 0.717) is 16.8 Å². The van der Waals surface area contributed by atoms with Crippen molar-refractivity contribution in [3.63, 3.8) is 0 Å². The maximum absolute atomic E-state index is 13.0. The van der Waals surface area contributed by atoms with E-state index in [2.05, 4.69) is 15.5 Å². The van der Waals surface area contributed by atoms with Crippen LogP contribution in [0.4, 0.5) is 8.78 Å². The summed E-state index contributed by atoms with van der Waals surface area (Å²) in [5, 5.41) is 9.03. The molecule has 1 aromatic heterocycles. The van der Waals surface area contributed by atoms with Gasteiger partial charge in [-0.15, -0.1) is 0 Å². The molecule has 2 N–H and O–H groups in total. The molecule has 0 unspecified atom stereocenters. The van der Waals surface area contributed by atoms with Gasteiger partial charge in [-0.3, -0.25) is 9.89 Å². The Balaban J connectivity index is 1.55. The van der Waals surface area contributed by atoms with Crippen LogP contribution in [0.1, 0.15) is 15.9 Å². The topological polar surface area (TPSA) is 84.1 Å². The molecule has 2 aromatic carbocycles. The molecular weight excluding hydrogens is 356 g/mol. The lowest BCUT2D eigenvalue weighted by atomic mass is 10.1. The normalized spacial score (nSPS) is 10.4. The largest absolute Gasteiger partial charge is 0.452 e. The predicted octanol–water partition coefficient (Wildman–Crippen LogP) is 2.83. The van der Waals surface area contributed by atoms with Crippen molar-refractivity contribution in [2.24, 2.45) is 0 Å². The van der Waals surface area contributed by atoms with Gasteiger partial charge in [-0.25, -0.2) is 13.6 Å². The SMILES string of the molecule is O=C(COC(=O)c1cn[nH]c1-c1ccc(F)cc1)NCc1ccc(F)cc1. The summed E-state index contributed by atoms with van der Waals surface area (Å²) in [5.41, 5.74) is 1.77. The van der Waals surface area contributed by atoms with Gasteiger partial charge in [0.25, 0.3) is 5.91 Å². The molecule has 0 aliphatic heterocycles. The van der Waals surface area contributed by atoms with E-state index in [1.165, 1.54) is 42.6 Å². The van der Waals surface area contributed by atoms with Gasteiger partial charge in [0.1, 0.15) is 17.2 Å². The Morgan fingerprint density at radius 1 is 1.00 bits per heavy atom. The van der Waals surface area contributed by atoms with Gasteiger partial charge in [-0.05, 0) is 42.0 Å². The summed E-state index contributed by atoms with van der Waals surface area (Å²) in [6.07, 6.45) is 1.28. The third-order valence-corrected chi connectivity index (χ3v) is 3.73. The summed E-state index contributed by atoms with van der Waals surface area (Å²) in [5.74, 6) is -2.00. The second-order valence-electron chi connectivity index (χ2n) is 5.64. The van der Waals surface area contributed by atoms with Crippen LogP contribution in [0.25, 0.3) is 11.3 Å². The number of rotatable bonds is 6. The van der Waals surface area contributed by atoms with E-state index < -0.39 is 24.3 Å². The Morgan fingerprint density at radius 2 is 1.63 bits per heavy atom. The molecule has 0 saturated carbocycles. The van der Waals surface area contributed by atoms with Crippen molar-refractivity contribution < 1.29 is 23.1 Å². The van der Waals surface area contributed by atoms with Gasteiger partial charge in [0, 0.05) is 12.1 Å². The summed E-state index contributed by atoms with van der Waals surface area (Å²) in [6, 6.07) is 11.2. The monoisotopic (exact) mass is 371 g/mol. The number of nitrogens with zero attached hydrogens (tertiary/aromatic N) is 1. The van der Waals surface area contributed by atoms with Crippen LogP contribution in [-0.4, -0.2) is 28.7 Å². The smallest absolute Gasteiger partial charge is 0.342 e. The van der Waals surface area contributed by atoms with E-state index >= 15 is 0 Å². The fourth-order valence-corrected chi connectivity index (χ4v) is 2.34. The van der Waals surface area contributed by atoms with Crippen LogP contribution >= 0.6 is 0 Å². The van der Waals surface area contributed by atoms with E-state index in [1.54, 1.807) is 12.1 Å². The summed E-state index contributed by atoms with van der Waals surface area (Å²) < 4.78 is 30.9. The highest BCUT2D eigenvalue weighted by Crippen LogP contribution is 2.21. The Morgan fingerprint density at radius 3 is 2.30 bits per heavy atom. The van der Waals surface area contributed by atoms with E-state index in [1.807, 2.05) is 0 Å². The minimum absolute atomic E-state index is 0.132. The van der Waals surface area contributed by atoms with Crippen LogP contribution in [0.3, 0.4) is 0 Å². The summed E-state index contributed by atoms with van der Waals surface area (Å²) in [6.45, 7) is -0.294. The fourth-order valence-electron chi connectivity index (χ4n) is 2.34. The third kappa shape index (κ3) is 4.75. The molecule has 27 heavy (non-hydrogen) atoms. The number of carbonyl (C=O) groups is 2. The lowest BCUT2D eigenvalue weighted by Crippen LogP contribution is -2.28. The van der Waals surface area contributed by atoms with Gasteiger partial charge in [-0.1, -0.05) is 12.1 Å². The highest BCUT2D eigenvalue weighted by molar-refractivity contribution is 5.97. The Labute approximate surface area is 153 Å². The Bertz CT molecular complexity index is 938. The minimum Gasteiger partial charge on any atom is -0.452 e. The average molecular weight is 371 g/mol. The quantitative estimate of drug-likeness (QED) is 0.653. The lowest BCUT2D eigenvalue weighted by Gasteiger charge is -2.07. The van der Waals surface area contributed by atoms with E-state index in [4.69, 9.17) is 4.74 Å². The summed E-state index contributed by atoms with van der Waals surface area (Å²) in [7, 11) is 0. The van der Waals surface area contributed by atoms with Gasteiger partial charge in [0.05, 0.1) is 11.9 Å². The molecule has 0 spiro atoms. The molecule has 0 bridgehead atoms. The second-order valence-corrected chi connectivity index (χ2v) is 5.64. The minimum atomic E-state index is -0.736. The van der Waals surface area contributed by atoms with Crippen LogP contribution in [-0.2, 0) is 16.1 Å². The molecule has 6 nitrogen and oxygen atoms in total. The molecule has 1 amide bonds. The molecule has 0 saturated heterocycles. The number of amides is 1. The van der Waals surface area contributed by atoms with Crippen molar-refractivity contribution in [1.29, 1.82) is 0 Å². The van der Waals surface area contributed by atoms with Crippen molar-refractivity contribution in [1.82, 2.24) is 15.5 Å². The first-order chi connectivity index (χ1) is 13.0. The van der Waals surface area contributed by atoms with E-state index in [0.717, 1.165) is 0 Å². The number of aromatic nitrogens is 2. The van der Waals surface area contributed by atoms with Crippen LogP contribution in [0.15, 0.2) is 54.7 Å². The molecule has 138 valence electrons. The Hall–Kier alpha value is -3.55. The maximum Gasteiger partial charge on any atom is 0.342 e. The lowest BCUT2D eigenvalue weighted by molar-refractivity contribution is -0.124. The van der Waals surface area contributed by atoms with Crippen molar-refractivity contribution in [2.75, 3.05) is 6.61 Å². The van der Waals surface area contributed by atoms with Crippen molar-refractivity contribution in [2.45, 2.75) is 6.54 Å². The van der Waals surface area contributed by atoms with E-state index in [9.17, 15) is 18.4 Å². The number of benzene rings is 2. The zero-order chi connectivity index (χ0) is 19.2. The number of hydrogen-bond acceptors (Lipinski definition) is 4. The zero-order valence-electron chi connectivity index (χ0n) is 14.0. The first-order valence-corrected chi connectivity index (χ1v) is 8.00. The van der Waals surface area contributed by atoms with Gasteiger partial charge < -0.3 is 10.1 Å².